The Morgan fingerprint density at radius 2 is 1.62 bits per heavy atom. The third-order valence-corrected chi connectivity index (χ3v) is 4.16. The van der Waals surface area contributed by atoms with Crippen LogP contribution in [0.3, 0.4) is 0 Å². The molecular weight excluding hydrogens is 370 g/mol. The van der Waals surface area contributed by atoms with Crippen molar-refractivity contribution in [3.63, 3.8) is 0 Å². The maximum absolute atomic E-state index is 12.3. The third kappa shape index (κ3) is 5.57. The van der Waals surface area contributed by atoms with Gasteiger partial charge in [-0.3, -0.25) is 4.79 Å². The Balaban J connectivity index is 1.59. The van der Waals surface area contributed by atoms with Gasteiger partial charge in [0.15, 0.2) is 12.3 Å². The number of carbonyl (C=O) groups is 1. The van der Waals surface area contributed by atoms with E-state index in [2.05, 4.69) is 29.5 Å². The quantitative estimate of drug-likeness (QED) is 0.597. The Hall–Kier alpha value is -3.35. The van der Waals surface area contributed by atoms with Crippen LogP contribution in [0, 0.1) is 0 Å². The smallest absolute Gasteiger partial charge is 0.263 e. The van der Waals surface area contributed by atoms with Gasteiger partial charge in [-0.15, -0.1) is 0 Å². The van der Waals surface area contributed by atoms with Gasteiger partial charge in [0.2, 0.25) is 5.82 Å². The van der Waals surface area contributed by atoms with E-state index in [1.165, 1.54) is 5.56 Å². The number of aromatic nitrogens is 2. The first-order chi connectivity index (χ1) is 13.9. The Morgan fingerprint density at radius 1 is 0.966 bits per heavy atom. The molecule has 152 valence electrons. The number of hydrogen-bond donors (Lipinski definition) is 1. The highest BCUT2D eigenvalue weighted by Gasteiger charge is 2.16. The zero-order valence-corrected chi connectivity index (χ0v) is 17.0. The minimum absolute atomic E-state index is 0.0889. The number of ether oxygens (including phenoxy) is 2. The van der Waals surface area contributed by atoms with Gasteiger partial charge >= 0.3 is 0 Å². The molecule has 2 aromatic carbocycles. The lowest BCUT2D eigenvalue weighted by atomic mass is 10.0. The molecule has 1 N–H and O–H groups in total. The molecule has 0 unspecified atom stereocenters. The van der Waals surface area contributed by atoms with E-state index < -0.39 is 0 Å². The molecule has 0 bridgehead atoms. The summed E-state index contributed by atoms with van der Waals surface area (Å²) in [5, 5.41) is 10.3. The summed E-state index contributed by atoms with van der Waals surface area (Å²) in [6.07, 6.45) is 0.0889. The van der Waals surface area contributed by atoms with Gasteiger partial charge in [0.05, 0.1) is 6.10 Å². The molecule has 3 rings (SSSR count). The summed E-state index contributed by atoms with van der Waals surface area (Å²) in [4.78, 5) is 12.3. The SMILES string of the molecule is CC(C)Oc1ccc(-c2nonc2NC(=O)COc2ccc(C(C)C)cc2)cc1. The highest BCUT2D eigenvalue weighted by Crippen LogP contribution is 2.26. The van der Waals surface area contributed by atoms with Crippen molar-refractivity contribution in [1.29, 1.82) is 0 Å². The maximum Gasteiger partial charge on any atom is 0.263 e. The molecule has 0 radical (unpaired) electrons. The van der Waals surface area contributed by atoms with Crippen LogP contribution in [0.2, 0.25) is 0 Å². The van der Waals surface area contributed by atoms with Gasteiger partial charge in [-0.05, 0) is 72.0 Å². The van der Waals surface area contributed by atoms with Crippen LogP contribution < -0.4 is 14.8 Å². The number of carbonyl (C=O) groups excluding carboxylic acids is 1. The number of rotatable bonds is 8. The number of hydrogen-bond acceptors (Lipinski definition) is 6. The number of nitrogens with one attached hydrogen (secondary N) is 1. The first-order valence-corrected chi connectivity index (χ1v) is 9.54. The van der Waals surface area contributed by atoms with Crippen LogP contribution in [-0.4, -0.2) is 28.9 Å². The molecule has 7 heteroatoms. The summed E-state index contributed by atoms with van der Waals surface area (Å²) >= 11 is 0. The van der Waals surface area contributed by atoms with E-state index in [9.17, 15) is 4.79 Å². The summed E-state index contributed by atoms with van der Waals surface area (Å²) in [7, 11) is 0. The Labute approximate surface area is 170 Å². The van der Waals surface area contributed by atoms with Gasteiger partial charge in [0, 0.05) is 5.56 Å². The topological polar surface area (TPSA) is 86.5 Å². The van der Waals surface area contributed by atoms with Crippen molar-refractivity contribution in [2.24, 2.45) is 0 Å². The minimum Gasteiger partial charge on any atom is -0.491 e. The predicted octanol–water partition coefficient (Wildman–Crippen LogP) is 4.66. The molecule has 0 aliphatic carbocycles. The first kappa shape index (κ1) is 20.4. The van der Waals surface area contributed by atoms with Crippen molar-refractivity contribution in [3.05, 3.63) is 54.1 Å². The molecule has 0 saturated heterocycles. The lowest BCUT2D eigenvalue weighted by molar-refractivity contribution is -0.118. The van der Waals surface area contributed by atoms with E-state index in [1.54, 1.807) is 0 Å². The van der Waals surface area contributed by atoms with Crippen molar-refractivity contribution < 1.29 is 18.9 Å². The molecule has 0 aliphatic rings. The lowest BCUT2D eigenvalue weighted by Gasteiger charge is -2.10. The average Bonchev–Trinajstić information content (AvgIpc) is 3.15. The summed E-state index contributed by atoms with van der Waals surface area (Å²) in [5.41, 5.74) is 2.41. The van der Waals surface area contributed by atoms with Crippen LogP contribution >= 0.6 is 0 Å². The van der Waals surface area contributed by atoms with Gasteiger partial charge in [0.1, 0.15) is 11.5 Å². The van der Waals surface area contributed by atoms with Gasteiger partial charge < -0.3 is 14.8 Å². The van der Waals surface area contributed by atoms with Crippen LogP contribution in [0.15, 0.2) is 53.2 Å². The predicted molar refractivity (Wildman–Crippen MR) is 110 cm³/mol. The summed E-state index contributed by atoms with van der Waals surface area (Å²) < 4.78 is 16.0. The van der Waals surface area contributed by atoms with Crippen LogP contribution in [-0.2, 0) is 4.79 Å². The Morgan fingerprint density at radius 3 is 2.24 bits per heavy atom. The van der Waals surface area contributed by atoms with Crippen LogP contribution in [0.1, 0.15) is 39.2 Å². The van der Waals surface area contributed by atoms with Crippen molar-refractivity contribution in [3.8, 4) is 22.8 Å². The van der Waals surface area contributed by atoms with Gasteiger partial charge in [-0.25, -0.2) is 4.63 Å². The van der Waals surface area contributed by atoms with Gasteiger partial charge in [0.25, 0.3) is 5.91 Å². The Bertz CT molecular complexity index is 931. The molecular formula is C22H25N3O4. The Kier molecular flexibility index (Phi) is 6.49. The van der Waals surface area contributed by atoms with Crippen molar-refractivity contribution >= 4 is 11.7 Å². The second-order valence-corrected chi connectivity index (χ2v) is 7.21. The molecule has 0 fully saturated rings. The average molecular weight is 395 g/mol. The normalized spacial score (nSPS) is 11.0. The first-order valence-electron chi connectivity index (χ1n) is 9.54. The number of nitrogens with zero attached hydrogens (tertiary/aromatic N) is 2. The van der Waals surface area contributed by atoms with Gasteiger partial charge in [-0.1, -0.05) is 26.0 Å². The molecule has 0 atom stereocenters. The molecule has 0 saturated carbocycles. The fraction of sp³-hybridized carbons (Fsp3) is 0.318. The highest BCUT2D eigenvalue weighted by molar-refractivity contribution is 5.94. The van der Waals surface area contributed by atoms with E-state index in [0.717, 1.165) is 11.3 Å². The summed E-state index contributed by atoms with van der Waals surface area (Å²) in [6, 6.07) is 15.0. The minimum atomic E-state index is -0.352. The molecule has 3 aromatic rings. The van der Waals surface area contributed by atoms with Crippen LogP contribution in [0.5, 0.6) is 11.5 Å². The van der Waals surface area contributed by atoms with Crippen molar-refractivity contribution in [1.82, 2.24) is 10.3 Å². The lowest BCUT2D eigenvalue weighted by Crippen LogP contribution is -2.20. The molecule has 1 amide bonds. The number of anilines is 1. The summed E-state index contributed by atoms with van der Waals surface area (Å²) in [6.45, 7) is 8.03. The highest BCUT2D eigenvalue weighted by atomic mass is 16.6. The van der Waals surface area contributed by atoms with E-state index in [1.807, 2.05) is 62.4 Å². The monoisotopic (exact) mass is 395 g/mol. The second kappa shape index (κ2) is 9.23. The second-order valence-electron chi connectivity index (χ2n) is 7.21. The number of amides is 1. The summed E-state index contributed by atoms with van der Waals surface area (Å²) in [5.74, 6) is 1.71. The molecule has 29 heavy (non-hydrogen) atoms. The fourth-order valence-electron chi connectivity index (χ4n) is 2.69. The van der Waals surface area contributed by atoms with E-state index in [0.29, 0.717) is 17.4 Å². The largest absolute Gasteiger partial charge is 0.491 e. The van der Waals surface area contributed by atoms with Crippen molar-refractivity contribution in [2.45, 2.75) is 39.7 Å². The fourth-order valence-corrected chi connectivity index (χ4v) is 2.69. The molecule has 1 aromatic heterocycles. The molecule has 0 aliphatic heterocycles. The van der Waals surface area contributed by atoms with Crippen molar-refractivity contribution in [2.75, 3.05) is 11.9 Å². The maximum atomic E-state index is 12.3. The third-order valence-electron chi connectivity index (χ3n) is 4.16. The zero-order chi connectivity index (χ0) is 20.8. The molecule has 7 nitrogen and oxygen atoms in total. The molecule has 1 heterocycles. The van der Waals surface area contributed by atoms with E-state index in [4.69, 9.17) is 14.1 Å². The van der Waals surface area contributed by atoms with E-state index >= 15 is 0 Å². The number of benzene rings is 2. The van der Waals surface area contributed by atoms with Crippen LogP contribution in [0.25, 0.3) is 11.3 Å². The zero-order valence-electron chi connectivity index (χ0n) is 17.0. The molecule has 0 spiro atoms. The standard InChI is InChI=1S/C22H25N3O4/c1-14(2)16-5-9-18(10-6-16)27-13-20(26)23-22-21(24-29-25-22)17-7-11-19(12-8-17)28-15(3)4/h5-12,14-15H,13H2,1-4H3,(H,23,25,26). The van der Waals surface area contributed by atoms with Gasteiger partial charge in [-0.2, -0.15) is 0 Å². The van der Waals surface area contributed by atoms with E-state index in [-0.39, 0.29) is 24.4 Å². The van der Waals surface area contributed by atoms with Crippen LogP contribution in [0.4, 0.5) is 5.82 Å².